The van der Waals surface area contributed by atoms with Crippen molar-refractivity contribution >= 4 is 18.0 Å². The molecule has 5 heteroatoms. The predicted octanol–water partition coefficient (Wildman–Crippen LogP) is 9.06. The minimum absolute atomic E-state index is 0.00527. The van der Waals surface area contributed by atoms with E-state index in [1.165, 1.54) is 11.6 Å². The normalized spacial score (nSPS) is 44.4. The molecule has 5 aliphatic rings. The lowest BCUT2D eigenvalue weighted by Gasteiger charge is -2.71. The van der Waals surface area contributed by atoms with Crippen LogP contribution in [0.4, 0.5) is 0 Å². The van der Waals surface area contributed by atoms with Crippen LogP contribution < -0.4 is 0 Å². The van der Waals surface area contributed by atoms with Crippen LogP contribution in [-0.2, 0) is 14.3 Å². The number of carboxylic acid groups (broad SMARTS) is 1. The van der Waals surface area contributed by atoms with Crippen molar-refractivity contribution in [1.82, 2.24) is 0 Å². The van der Waals surface area contributed by atoms with Crippen molar-refractivity contribution in [2.45, 2.75) is 112 Å². The molecular formula is C39H54O5. The Kier molecular flexibility index (Phi) is 7.49. The molecule has 5 aliphatic carbocycles. The smallest absolute Gasteiger partial charge is 0.331 e. The second kappa shape index (κ2) is 10.5. The summed E-state index contributed by atoms with van der Waals surface area (Å²) in [5, 5.41) is 20.2. The monoisotopic (exact) mass is 602 g/mol. The first-order valence-corrected chi connectivity index (χ1v) is 17.2. The Bertz CT molecular complexity index is 1370. The van der Waals surface area contributed by atoms with E-state index >= 15 is 0 Å². The first-order valence-electron chi connectivity index (χ1n) is 17.2. The zero-order valence-corrected chi connectivity index (χ0v) is 28.0. The number of hydrogen-bond acceptors (Lipinski definition) is 4. The third kappa shape index (κ3) is 4.37. The number of fused-ring (bicyclic) bond motifs is 7. The second-order valence-electron chi connectivity index (χ2n) is 16.8. The van der Waals surface area contributed by atoms with E-state index in [9.17, 15) is 19.8 Å². The standard InChI is InChI=1S/C39H54O5/c1-24-16-21-39(34(42)43)23-22-37(6)28(33(39)25(24)2)13-14-30-36(5)19-18-31(35(3,4)29(36)17-20-38(30,37)7)44-32(41)15-10-26-8-11-27(40)12-9-26/h8-13,15,24-25,29-31,33,40H,14,16-23H2,1-7H3,(H,42,43)/t24-,25-,29-,30-,31+,33-,36+,37-,38-,39+/m1/s1. The van der Waals surface area contributed by atoms with Gasteiger partial charge in [0.2, 0.25) is 0 Å². The number of phenolic OH excluding ortho intramolecular Hbond substituents is 1. The van der Waals surface area contributed by atoms with Crippen LogP contribution in [0.3, 0.4) is 0 Å². The third-order valence-electron chi connectivity index (χ3n) is 14.9. The molecule has 4 fully saturated rings. The van der Waals surface area contributed by atoms with Gasteiger partial charge in [-0.15, -0.1) is 0 Å². The summed E-state index contributed by atoms with van der Waals surface area (Å²) in [6, 6.07) is 6.79. The van der Waals surface area contributed by atoms with Crippen molar-refractivity contribution in [1.29, 1.82) is 0 Å². The van der Waals surface area contributed by atoms with Crippen LogP contribution in [0.1, 0.15) is 112 Å². The summed E-state index contributed by atoms with van der Waals surface area (Å²) in [5.74, 6) is 1.34. The minimum atomic E-state index is -0.609. The number of benzene rings is 1. The predicted molar refractivity (Wildman–Crippen MR) is 174 cm³/mol. The van der Waals surface area contributed by atoms with Gasteiger partial charge in [-0.1, -0.05) is 72.2 Å². The molecule has 0 heterocycles. The highest BCUT2D eigenvalue weighted by Crippen LogP contribution is 2.75. The molecule has 1 aromatic carbocycles. The molecule has 44 heavy (non-hydrogen) atoms. The number of phenols is 1. The van der Waals surface area contributed by atoms with Gasteiger partial charge in [0.15, 0.2) is 0 Å². The van der Waals surface area contributed by atoms with Crippen molar-refractivity contribution < 1.29 is 24.5 Å². The number of esters is 1. The van der Waals surface area contributed by atoms with E-state index in [1.54, 1.807) is 30.3 Å². The Morgan fingerprint density at radius 2 is 1.59 bits per heavy atom. The van der Waals surface area contributed by atoms with Gasteiger partial charge in [-0.2, -0.15) is 0 Å². The number of carbonyl (C=O) groups is 2. The lowest BCUT2D eigenvalue weighted by atomic mass is 9.33. The molecule has 240 valence electrons. The third-order valence-corrected chi connectivity index (χ3v) is 14.9. The second-order valence-corrected chi connectivity index (χ2v) is 16.8. The fourth-order valence-electron chi connectivity index (χ4n) is 12.0. The lowest BCUT2D eigenvalue weighted by molar-refractivity contribution is -0.213. The first kappa shape index (κ1) is 31.4. The van der Waals surface area contributed by atoms with E-state index in [0.717, 1.165) is 63.4 Å². The highest BCUT2D eigenvalue weighted by Gasteiger charge is 2.69. The fourth-order valence-corrected chi connectivity index (χ4v) is 12.0. The summed E-state index contributed by atoms with van der Waals surface area (Å²) in [5.41, 5.74) is 1.81. The fraction of sp³-hybridized carbons (Fsp3) is 0.692. The van der Waals surface area contributed by atoms with Crippen LogP contribution in [0.5, 0.6) is 5.75 Å². The number of aromatic hydroxyl groups is 1. The maximum Gasteiger partial charge on any atom is 0.331 e. The lowest BCUT2D eigenvalue weighted by Crippen LogP contribution is -2.65. The Labute approximate surface area is 264 Å². The summed E-state index contributed by atoms with van der Waals surface area (Å²) >= 11 is 0. The molecular weight excluding hydrogens is 548 g/mol. The van der Waals surface area contributed by atoms with Gasteiger partial charge in [-0.3, -0.25) is 4.79 Å². The molecule has 0 aliphatic heterocycles. The molecule has 0 spiro atoms. The summed E-state index contributed by atoms with van der Waals surface area (Å²) in [6.45, 7) is 16.9. The zero-order chi connectivity index (χ0) is 31.9. The molecule has 0 unspecified atom stereocenters. The summed E-state index contributed by atoms with van der Waals surface area (Å²) in [6.07, 6.45) is 14.4. The van der Waals surface area contributed by atoms with Gasteiger partial charge in [-0.05, 0) is 127 Å². The van der Waals surface area contributed by atoms with Gasteiger partial charge in [0.1, 0.15) is 11.9 Å². The Morgan fingerprint density at radius 3 is 2.27 bits per heavy atom. The molecule has 0 radical (unpaired) electrons. The number of carbonyl (C=O) groups excluding carboxylic acids is 1. The Morgan fingerprint density at radius 1 is 0.886 bits per heavy atom. The Hall–Kier alpha value is -2.56. The van der Waals surface area contributed by atoms with Crippen LogP contribution in [0.15, 0.2) is 42.0 Å². The SMILES string of the molecule is C[C@@H]1[C@H](C)CC[C@]2(C(=O)O)CC[C@]3(C)C(=CC[C@@H]4[C@@]5(C)CC[C@H](OC(=O)C=Cc6ccc(O)cc6)C(C)(C)[C@H]5CC[C@]43C)[C@@H]12. The van der Waals surface area contributed by atoms with Crippen molar-refractivity contribution in [2.75, 3.05) is 0 Å². The van der Waals surface area contributed by atoms with Gasteiger partial charge in [-0.25, -0.2) is 4.79 Å². The maximum atomic E-state index is 13.0. The van der Waals surface area contributed by atoms with E-state index in [4.69, 9.17) is 4.74 Å². The van der Waals surface area contributed by atoms with Crippen molar-refractivity contribution in [2.24, 2.45) is 56.7 Å². The number of carboxylic acids is 1. The van der Waals surface area contributed by atoms with Crippen LogP contribution >= 0.6 is 0 Å². The molecule has 5 nitrogen and oxygen atoms in total. The molecule has 6 rings (SSSR count). The summed E-state index contributed by atoms with van der Waals surface area (Å²) in [4.78, 5) is 26.0. The largest absolute Gasteiger partial charge is 0.508 e. The molecule has 10 atom stereocenters. The van der Waals surface area contributed by atoms with E-state index in [0.29, 0.717) is 23.7 Å². The molecule has 0 amide bonds. The average molecular weight is 603 g/mol. The van der Waals surface area contributed by atoms with Crippen LogP contribution in [0, 0.1) is 56.7 Å². The van der Waals surface area contributed by atoms with E-state index in [-0.39, 0.29) is 45.4 Å². The van der Waals surface area contributed by atoms with Gasteiger partial charge >= 0.3 is 11.9 Å². The van der Waals surface area contributed by atoms with Gasteiger partial charge in [0.05, 0.1) is 5.41 Å². The highest BCUT2D eigenvalue weighted by atomic mass is 16.5. The summed E-state index contributed by atoms with van der Waals surface area (Å²) in [7, 11) is 0. The number of allylic oxidation sites excluding steroid dienone is 2. The van der Waals surface area contributed by atoms with Crippen molar-refractivity contribution in [3.8, 4) is 5.75 Å². The van der Waals surface area contributed by atoms with Gasteiger partial charge in [0, 0.05) is 11.5 Å². The molecule has 4 saturated carbocycles. The number of aliphatic carboxylic acids is 1. The van der Waals surface area contributed by atoms with Crippen LogP contribution in [-0.4, -0.2) is 28.3 Å². The number of ether oxygens (including phenoxy) is 1. The Balaban J connectivity index is 1.27. The van der Waals surface area contributed by atoms with Gasteiger partial charge in [0.25, 0.3) is 0 Å². The first-order chi connectivity index (χ1) is 20.6. The molecule has 1 aromatic rings. The summed E-state index contributed by atoms with van der Waals surface area (Å²) < 4.78 is 6.18. The van der Waals surface area contributed by atoms with Gasteiger partial charge < -0.3 is 14.9 Å². The molecule has 0 bridgehead atoms. The van der Waals surface area contributed by atoms with Crippen LogP contribution in [0.25, 0.3) is 6.08 Å². The zero-order valence-electron chi connectivity index (χ0n) is 28.0. The number of hydrogen-bond donors (Lipinski definition) is 2. The number of rotatable bonds is 4. The van der Waals surface area contributed by atoms with E-state index in [1.807, 2.05) is 0 Å². The van der Waals surface area contributed by atoms with Crippen LogP contribution in [0.2, 0.25) is 0 Å². The molecule has 2 N–H and O–H groups in total. The highest BCUT2D eigenvalue weighted by molar-refractivity contribution is 5.87. The van der Waals surface area contributed by atoms with E-state index in [2.05, 4.69) is 54.5 Å². The molecule has 0 saturated heterocycles. The molecule has 0 aromatic heterocycles. The topological polar surface area (TPSA) is 83.8 Å². The quantitative estimate of drug-likeness (QED) is 0.204. The maximum absolute atomic E-state index is 13.0. The average Bonchev–Trinajstić information content (AvgIpc) is 2.96. The van der Waals surface area contributed by atoms with Crippen molar-refractivity contribution in [3.05, 3.63) is 47.6 Å². The minimum Gasteiger partial charge on any atom is -0.508 e. The van der Waals surface area contributed by atoms with E-state index < -0.39 is 11.4 Å². The van der Waals surface area contributed by atoms with Crippen molar-refractivity contribution in [3.63, 3.8) is 0 Å².